The number of anilines is 2. The van der Waals surface area contributed by atoms with Crippen molar-refractivity contribution in [2.45, 2.75) is 13.8 Å². The fourth-order valence-electron chi connectivity index (χ4n) is 2.62. The molecule has 0 radical (unpaired) electrons. The van der Waals surface area contributed by atoms with Crippen LogP contribution in [0.25, 0.3) is 0 Å². The number of nitrogens with one attached hydrogen (secondary N) is 2. The predicted molar refractivity (Wildman–Crippen MR) is 109 cm³/mol. The van der Waals surface area contributed by atoms with Crippen LogP contribution in [0.2, 0.25) is 0 Å². The summed E-state index contributed by atoms with van der Waals surface area (Å²) < 4.78 is 5.51. The summed E-state index contributed by atoms with van der Waals surface area (Å²) >= 11 is 0. The molecule has 0 bridgehead atoms. The van der Waals surface area contributed by atoms with Crippen molar-refractivity contribution in [3.05, 3.63) is 83.7 Å². The lowest BCUT2D eigenvalue weighted by Gasteiger charge is -2.11. The largest absolute Gasteiger partial charge is 0.492 e. The highest BCUT2D eigenvalue weighted by Gasteiger charge is 2.15. The van der Waals surface area contributed by atoms with Gasteiger partial charge in [0.25, 0.3) is 11.8 Å². The van der Waals surface area contributed by atoms with Crippen molar-refractivity contribution in [2.24, 2.45) is 0 Å². The van der Waals surface area contributed by atoms with Crippen LogP contribution < -0.4 is 15.4 Å². The van der Waals surface area contributed by atoms with Crippen LogP contribution in [0.4, 0.5) is 11.4 Å². The van der Waals surface area contributed by atoms with Crippen molar-refractivity contribution in [1.29, 1.82) is 0 Å². The summed E-state index contributed by atoms with van der Waals surface area (Å²) in [6.07, 6.45) is 0. The fraction of sp³-hybridized carbons (Fsp3) is 0.136. The van der Waals surface area contributed by atoms with E-state index >= 15 is 0 Å². The van der Waals surface area contributed by atoms with E-state index in [1.165, 1.54) is 0 Å². The van der Waals surface area contributed by atoms with Crippen molar-refractivity contribution >= 4 is 23.2 Å². The molecular formula is C22H21N3O3. The molecule has 142 valence electrons. The second kappa shape index (κ2) is 8.81. The van der Waals surface area contributed by atoms with Crippen LogP contribution in [0.15, 0.2) is 66.7 Å². The number of carbonyl (C=O) groups excluding carboxylic acids is 2. The molecule has 6 nitrogen and oxygen atoms in total. The minimum absolute atomic E-state index is 0.142. The number of para-hydroxylation sites is 3. The van der Waals surface area contributed by atoms with E-state index in [2.05, 4.69) is 15.6 Å². The number of pyridine rings is 1. The molecule has 0 atom stereocenters. The Morgan fingerprint density at radius 3 is 2.04 bits per heavy atom. The number of aromatic nitrogens is 1. The lowest BCUT2D eigenvalue weighted by molar-refractivity contribution is 0.101. The van der Waals surface area contributed by atoms with Crippen LogP contribution in [0.3, 0.4) is 0 Å². The number of hydrogen-bond donors (Lipinski definition) is 2. The van der Waals surface area contributed by atoms with Crippen molar-refractivity contribution in [2.75, 3.05) is 17.2 Å². The van der Waals surface area contributed by atoms with E-state index in [0.29, 0.717) is 23.7 Å². The molecule has 2 N–H and O–H groups in total. The van der Waals surface area contributed by atoms with Crippen LogP contribution in [0.1, 0.15) is 33.5 Å². The van der Waals surface area contributed by atoms with Gasteiger partial charge < -0.3 is 15.4 Å². The molecule has 0 aliphatic carbocycles. The van der Waals surface area contributed by atoms with Crippen LogP contribution in [-0.2, 0) is 0 Å². The van der Waals surface area contributed by atoms with Gasteiger partial charge >= 0.3 is 0 Å². The van der Waals surface area contributed by atoms with Crippen LogP contribution >= 0.6 is 0 Å². The number of aryl methyl sites for hydroxylation is 1. The summed E-state index contributed by atoms with van der Waals surface area (Å²) in [6, 6.07) is 19.4. The lowest BCUT2D eigenvalue weighted by Crippen LogP contribution is -2.19. The summed E-state index contributed by atoms with van der Waals surface area (Å²) in [5, 5.41) is 5.59. The van der Waals surface area contributed by atoms with E-state index in [4.69, 9.17) is 4.74 Å². The summed E-state index contributed by atoms with van der Waals surface area (Å²) in [5.41, 5.74) is 2.50. The zero-order valence-corrected chi connectivity index (χ0v) is 15.7. The third-order valence-corrected chi connectivity index (χ3v) is 4.04. The molecule has 3 aromatic rings. The molecular weight excluding hydrogens is 354 g/mol. The average molecular weight is 375 g/mol. The third-order valence-electron chi connectivity index (χ3n) is 4.04. The molecule has 1 aromatic heterocycles. The van der Waals surface area contributed by atoms with Gasteiger partial charge in [-0.1, -0.05) is 36.4 Å². The van der Waals surface area contributed by atoms with Gasteiger partial charge in [-0.15, -0.1) is 0 Å². The fourth-order valence-corrected chi connectivity index (χ4v) is 2.62. The Balaban J connectivity index is 1.76. The van der Waals surface area contributed by atoms with E-state index in [9.17, 15) is 9.59 Å². The maximum Gasteiger partial charge on any atom is 0.274 e. The quantitative estimate of drug-likeness (QED) is 0.673. The molecule has 0 spiro atoms. The first-order chi connectivity index (χ1) is 13.6. The van der Waals surface area contributed by atoms with E-state index < -0.39 is 5.91 Å². The van der Waals surface area contributed by atoms with E-state index in [0.717, 1.165) is 5.56 Å². The molecule has 28 heavy (non-hydrogen) atoms. The Labute approximate surface area is 163 Å². The van der Waals surface area contributed by atoms with Gasteiger partial charge in [-0.2, -0.15) is 0 Å². The van der Waals surface area contributed by atoms with Crippen molar-refractivity contribution in [1.82, 2.24) is 4.98 Å². The maximum absolute atomic E-state index is 12.6. The molecule has 3 rings (SSSR count). The first kappa shape index (κ1) is 19.1. The summed E-state index contributed by atoms with van der Waals surface area (Å²) in [6.45, 7) is 4.26. The summed E-state index contributed by atoms with van der Waals surface area (Å²) in [4.78, 5) is 29.3. The first-order valence-corrected chi connectivity index (χ1v) is 8.95. The standard InChI is InChI=1S/C22H21N3O3/c1-3-28-20-14-7-6-11-17(20)25-22(27)19-13-8-12-18(23-19)21(26)24-16-10-5-4-9-15(16)2/h4-14H,3H2,1-2H3,(H,24,26)(H,25,27). The minimum Gasteiger partial charge on any atom is -0.492 e. The van der Waals surface area contributed by atoms with Gasteiger partial charge in [0.05, 0.1) is 12.3 Å². The number of benzene rings is 2. The second-order valence-electron chi connectivity index (χ2n) is 6.06. The third kappa shape index (κ3) is 4.54. The molecule has 0 aliphatic rings. The summed E-state index contributed by atoms with van der Waals surface area (Å²) in [5.74, 6) is -0.219. The maximum atomic E-state index is 12.6. The number of nitrogens with zero attached hydrogens (tertiary/aromatic N) is 1. The Hall–Kier alpha value is -3.67. The zero-order chi connectivity index (χ0) is 19.9. The van der Waals surface area contributed by atoms with Gasteiger partial charge in [0, 0.05) is 5.69 Å². The monoisotopic (exact) mass is 375 g/mol. The Morgan fingerprint density at radius 1 is 0.821 bits per heavy atom. The summed E-state index contributed by atoms with van der Waals surface area (Å²) in [7, 11) is 0. The predicted octanol–water partition coefficient (Wildman–Crippen LogP) is 4.29. The van der Waals surface area contributed by atoms with Gasteiger partial charge in [-0.3, -0.25) is 9.59 Å². The van der Waals surface area contributed by atoms with E-state index in [1.54, 1.807) is 36.4 Å². The SMILES string of the molecule is CCOc1ccccc1NC(=O)c1cccc(C(=O)Nc2ccccc2C)n1. The van der Waals surface area contributed by atoms with Crippen LogP contribution in [0, 0.1) is 6.92 Å². The number of carbonyl (C=O) groups is 2. The normalized spacial score (nSPS) is 10.2. The smallest absolute Gasteiger partial charge is 0.274 e. The molecule has 0 fully saturated rings. The number of amides is 2. The lowest BCUT2D eigenvalue weighted by atomic mass is 10.2. The van der Waals surface area contributed by atoms with E-state index in [1.807, 2.05) is 44.2 Å². The highest BCUT2D eigenvalue weighted by molar-refractivity contribution is 6.06. The second-order valence-corrected chi connectivity index (χ2v) is 6.06. The van der Waals surface area contributed by atoms with Gasteiger partial charge in [-0.25, -0.2) is 4.98 Å². The van der Waals surface area contributed by atoms with Crippen LogP contribution in [0.5, 0.6) is 5.75 Å². The number of hydrogen-bond acceptors (Lipinski definition) is 4. The van der Waals surface area contributed by atoms with Gasteiger partial charge in [0.15, 0.2) is 0 Å². The molecule has 0 aliphatic heterocycles. The molecule has 0 unspecified atom stereocenters. The highest BCUT2D eigenvalue weighted by Crippen LogP contribution is 2.24. The van der Waals surface area contributed by atoms with Crippen molar-refractivity contribution < 1.29 is 14.3 Å². The average Bonchev–Trinajstić information content (AvgIpc) is 2.71. The Bertz CT molecular complexity index is 1000. The Kier molecular flexibility index (Phi) is 6.01. The topological polar surface area (TPSA) is 80.3 Å². The zero-order valence-electron chi connectivity index (χ0n) is 15.7. The highest BCUT2D eigenvalue weighted by atomic mass is 16.5. The first-order valence-electron chi connectivity index (χ1n) is 8.95. The molecule has 0 saturated carbocycles. The Morgan fingerprint density at radius 2 is 1.39 bits per heavy atom. The van der Waals surface area contributed by atoms with Gasteiger partial charge in [-0.05, 0) is 49.7 Å². The molecule has 0 saturated heterocycles. The van der Waals surface area contributed by atoms with Crippen LogP contribution in [-0.4, -0.2) is 23.4 Å². The van der Waals surface area contributed by atoms with Gasteiger partial charge in [0.2, 0.25) is 0 Å². The molecule has 1 heterocycles. The molecule has 2 aromatic carbocycles. The number of rotatable bonds is 6. The van der Waals surface area contributed by atoms with E-state index in [-0.39, 0.29) is 17.3 Å². The molecule has 2 amide bonds. The molecule has 6 heteroatoms. The minimum atomic E-state index is -0.419. The van der Waals surface area contributed by atoms with Crippen molar-refractivity contribution in [3.63, 3.8) is 0 Å². The number of ether oxygens (including phenoxy) is 1. The van der Waals surface area contributed by atoms with Gasteiger partial charge in [0.1, 0.15) is 17.1 Å². The van der Waals surface area contributed by atoms with Crippen molar-refractivity contribution in [3.8, 4) is 5.75 Å².